The highest BCUT2D eigenvalue weighted by Gasteiger charge is 2.11. The topological polar surface area (TPSA) is 12.0 Å². The van der Waals surface area contributed by atoms with Crippen LogP contribution in [0.15, 0.2) is 153 Å². The fraction of sp³-hybridized carbons (Fsp3) is 0.158. The van der Waals surface area contributed by atoms with Gasteiger partial charge in [0.15, 0.2) is 0 Å². The quantitative estimate of drug-likeness (QED) is 0.122. The molecule has 0 aliphatic carbocycles. The molecule has 1 N–H and O–H groups in total. The number of allylic oxidation sites excluding steroid dienone is 9. The van der Waals surface area contributed by atoms with Crippen LogP contribution in [0.25, 0.3) is 27.6 Å². The van der Waals surface area contributed by atoms with Crippen LogP contribution in [0.3, 0.4) is 0 Å². The van der Waals surface area contributed by atoms with Crippen molar-refractivity contribution in [2.24, 2.45) is 5.92 Å². The highest BCUT2D eigenvalue weighted by molar-refractivity contribution is 6.11. The zero-order chi connectivity index (χ0) is 28.0. The summed E-state index contributed by atoms with van der Waals surface area (Å²) in [5.74, 6) is 0.276. The first-order valence-electron chi connectivity index (χ1n) is 13.5. The maximum Gasteiger partial charge on any atom is 0.0476 e. The molecule has 2 atom stereocenters. The van der Waals surface area contributed by atoms with Gasteiger partial charge in [0.1, 0.15) is 0 Å². The van der Waals surface area contributed by atoms with Gasteiger partial charge in [-0.1, -0.05) is 122 Å². The molecular weight excluding hydrogens is 470 g/mol. The van der Waals surface area contributed by atoms with E-state index in [1.807, 2.05) is 42.7 Å². The summed E-state index contributed by atoms with van der Waals surface area (Å²) in [4.78, 5) is 0. The second kappa shape index (κ2) is 15.1. The molecule has 0 aliphatic heterocycles. The Labute approximate surface area is 235 Å². The smallest absolute Gasteiger partial charge is 0.0476 e. The maximum absolute atomic E-state index is 4.31. The molecular formula is C38H41N. The van der Waals surface area contributed by atoms with Crippen molar-refractivity contribution >= 4 is 27.6 Å². The second-order valence-electron chi connectivity index (χ2n) is 9.77. The molecule has 198 valence electrons. The molecule has 39 heavy (non-hydrogen) atoms. The molecule has 0 saturated heterocycles. The molecule has 3 aromatic rings. The van der Waals surface area contributed by atoms with Crippen molar-refractivity contribution in [3.8, 4) is 0 Å². The van der Waals surface area contributed by atoms with Gasteiger partial charge in [-0.3, -0.25) is 0 Å². The highest BCUT2D eigenvalue weighted by Crippen LogP contribution is 2.32. The SMILES string of the molecule is C=C/C=C\C=C\C(C=C)C/C=C/NC(C=C)C/C(=C/c1cc2ccccc2c2ccc(CC=C)cc12)C(=C)C. The van der Waals surface area contributed by atoms with Crippen LogP contribution in [-0.4, -0.2) is 6.04 Å². The number of benzene rings is 3. The van der Waals surface area contributed by atoms with E-state index in [-0.39, 0.29) is 12.0 Å². The molecule has 3 rings (SSSR count). The van der Waals surface area contributed by atoms with Crippen molar-refractivity contribution in [1.29, 1.82) is 0 Å². The van der Waals surface area contributed by atoms with Gasteiger partial charge in [0, 0.05) is 6.04 Å². The standard InChI is InChI=1S/C38H41N/c1-7-11-12-13-18-30(9-3)19-16-24-39-35(10-4)28-33(29(5)6)27-34-26-32-20-14-15-21-36(32)37-23-22-31(17-8-2)25-38(34)37/h7-16,18,20-27,30,35,39H,1-5,17,19,28H2,6H3/b12-11-,18-13+,24-16+,33-27-. The Balaban J connectivity index is 1.86. The molecule has 0 radical (unpaired) electrons. The van der Waals surface area contributed by atoms with Crippen LogP contribution in [-0.2, 0) is 6.42 Å². The minimum Gasteiger partial charge on any atom is -0.385 e. The van der Waals surface area contributed by atoms with Crippen molar-refractivity contribution in [3.05, 3.63) is 165 Å². The number of nitrogens with one attached hydrogen (secondary N) is 1. The highest BCUT2D eigenvalue weighted by atomic mass is 14.9. The molecule has 0 aromatic heterocycles. The lowest BCUT2D eigenvalue weighted by Crippen LogP contribution is -2.22. The molecule has 0 amide bonds. The van der Waals surface area contributed by atoms with E-state index in [0.717, 1.165) is 24.8 Å². The third-order valence-electron chi connectivity index (χ3n) is 6.80. The van der Waals surface area contributed by atoms with E-state index in [0.29, 0.717) is 0 Å². The summed E-state index contributed by atoms with van der Waals surface area (Å²) >= 11 is 0. The normalized spacial score (nSPS) is 13.7. The van der Waals surface area contributed by atoms with Crippen LogP contribution in [0, 0.1) is 5.92 Å². The Kier molecular flexibility index (Phi) is 11.3. The van der Waals surface area contributed by atoms with Gasteiger partial charge in [-0.2, -0.15) is 0 Å². The predicted octanol–water partition coefficient (Wildman–Crippen LogP) is 10.2. The van der Waals surface area contributed by atoms with Crippen molar-refractivity contribution in [2.45, 2.75) is 32.2 Å². The van der Waals surface area contributed by atoms with E-state index in [1.165, 1.54) is 38.2 Å². The minimum atomic E-state index is 0.0838. The van der Waals surface area contributed by atoms with Gasteiger partial charge in [-0.25, -0.2) is 0 Å². The van der Waals surface area contributed by atoms with Crippen LogP contribution in [0.2, 0.25) is 0 Å². The molecule has 0 fully saturated rings. The average molecular weight is 512 g/mol. The molecule has 0 heterocycles. The Morgan fingerprint density at radius 2 is 1.72 bits per heavy atom. The van der Waals surface area contributed by atoms with Crippen LogP contribution >= 0.6 is 0 Å². The van der Waals surface area contributed by atoms with E-state index in [4.69, 9.17) is 0 Å². The largest absolute Gasteiger partial charge is 0.385 e. The molecule has 2 unspecified atom stereocenters. The first-order valence-corrected chi connectivity index (χ1v) is 13.5. The van der Waals surface area contributed by atoms with Crippen LogP contribution in [0.1, 0.15) is 30.9 Å². The Hall–Kier alpha value is -4.36. The third-order valence-corrected chi connectivity index (χ3v) is 6.80. The fourth-order valence-corrected chi connectivity index (χ4v) is 4.60. The van der Waals surface area contributed by atoms with Gasteiger partial charge >= 0.3 is 0 Å². The lowest BCUT2D eigenvalue weighted by atomic mass is 9.92. The van der Waals surface area contributed by atoms with E-state index in [2.05, 4.69) is 112 Å². The summed E-state index contributed by atoms with van der Waals surface area (Å²) in [5, 5.41) is 8.53. The minimum absolute atomic E-state index is 0.0838. The third kappa shape index (κ3) is 8.32. The molecule has 1 nitrogen and oxygen atoms in total. The van der Waals surface area contributed by atoms with Gasteiger partial charge < -0.3 is 5.32 Å². The molecule has 0 spiro atoms. The van der Waals surface area contributed by atoms with Gasteiger partial charge in [0.25, 0.3) is 0 Å². The summed E-state index contributed by atoms with van der Waals surface area (Å²) in [5.41, 5.74) is 4.73. The summed E-state index contributed by atoms with van der Waals surface area (Å²) in [6.45, 7) is 22.0. The van der Waals surface area contributed by atoms with Crippen molar-refractivity contribution in [3.63, 3.8) is 0 Å². The first-order chi connectivity index (χ1) is 19.0. The lowest BCUT2D eigenvalue weighted by molar-refractivity contribution is 0.692. The van der Waals surface area contributed by atoms with E-state index >= 15 is 0 Å². The van der Waals surface area contributed by atoms with Crippen LogP contribution in [0.4, 0.5) is 0 Å². The average Bonchev–Trinajstić information content (AvgIpc) is 2.95. The molecule has 1 heteroatoms. The Morgan fingerprint density at radius 3 is 2.44 bits per heavy atom. The number of rotatable bonds is 15. The van der Waals surface area contributed by atoms with Crippen molar-refractivity contribution < 1.29 is 0 Å². The van der Waals surface area contributed by atoms with Crippen molar-refractivity contribution in [1.82, 2.24) is 5.32 Å². The first kappa shape index (κ1) is 29.2. The second-order valence-corrected chi connectivity index (χ2v) is 9.77. The molecule has 0 saturated carbocycles. The number of fused-ring (bicyclic) bond motifs is 3. The predicted molar refractivity (Wildman–Crippen MR) is 176 cm³/mol. The fourth-order valence-electron chi connectivity index (χ4n) is 4.60. The zero-order valence-corrected chi connectivity index (χ0v) is 23.3. The summed E-state index contributed by atoms with van der Waals surface area (Å²) < 4.78 is 0. The van der Waals surface area contributed by atoms with Gasteiger partial charge in [-0.05, 0) is 82.6 Å². The lowest BCUT2D eigenvalue weighted by Gasteiger charge is -2.17. The van der Waals surface area contributed by atoms with Crippen LogP contribution < -0.4 is 5.32 Å². The summed E-state index contributed by atoms with van der Waals surface area (Å²) in [6.07, 6.45) is 24.7. The monoisotopic (exact) mass is 511 g/mol. The van der Waals surface area contributed by atoms with E-state index in [9.17, 15) is 0 Å². The Morgan fingerprint density at radius 1 is 0.897 bits per heavy atom. The molecule has 0 bridgehead atoms. The maximum atomic E-state index is 4.31. The molecule has 0 aliphatic rings. The van der Waals surface area contributed by atoms with E-state index < -0.39 is 0 Å². The van der Waals surface area contributed by atoms with Crippen LogP contribution in [0.5, 0.6) is 0 Å². The Bertz CT molecular complexity index is 1460. The van der Waals surface area contributed by atoms with Gasteiger partial charge in [0.2, 0.25) is 0 Å². The summed E-state index contributed by atoms with van der Waals surface area (Å²) in [6, 6.07) is 17.7. The zero-order valence-electron chi connectivity index (χ0n) is 23.3. The number of hydrogen-bond acceptors (Lipinski definition) is 1. The number of hydrogen-bond donors (Lipinski definition) is 1. The van der Waals surface area contributed by atoms with Gasteiger partial charge in [-0.15, -0.1) is 19.7 Å². The summed E-state index contributed by atoms with van der Waals surface area (Å²) in [7, 11) is 0. The van der Waals surface area contributed by atoms with Crippen molar-refractivity contribution in [2.75, 3.05) is 0 Å². The van der Waals surface area contributed by atoms with E-state index in [1.54, 1.807) is 6.08 Å². The molecule has 3 aromatic carbocycles. The van der Waals surface area contributed by atoms with Gasteiger partial charge in [0.05, 0.1) is 0 Å².